The fourth-order valence-corrected chi connectivity index (χ4v) is 5.22. The van der Waals surface area contributed by atoms with Crippen LogP contribution in [0.1, 0.15) is 34.1 Å². The standard InChI is InChI=1S/C33H28ClNO5/c1-3-37-33(36)32-31(23-11-9-21(2)10-12-23)26-16-25(38-19-22-7-5-4-6-8-22)13-14-28(26)35(32)18-24-15-29-30(17-27(24)34)40-20-39-29/h4-17H,3,18-20H2,1-2H3. The summed E-state index contributed by atoms with van der Waals surface area (Å²) in [4.78, 5) is 13.6. The summed E-state index contributed by atoms with van der Waals surface area (Å²) >= 11 is 6.68. The van der Waals surface area contributed by atoms with Crippen LogP contribution in [0.25, 0.3) is 22.0 Å². The maximum atomic E-state index is 13.6. The minimum atomic E-state index is -0.405. The molecule has 0 bridgehead atoms. The van der Waals surface area contributed by atoms with E-state index in [-0.39, 0.29) is 13.4 Å². The SMILES string of the molecule is CCOC(=O)c1c(-c2ccc(C)cc2)c2cc(OCc3ccccc3)ccc2n1Cc1cc2c(cc1Cl)OCO2. The van der Waals surface area contributed by atoms with E-state index in [1.807, 2.05) is 90.4 Å². The molecule has 7 heteroatoms. The van der Waals surface area contributed by atoms with Gasteiger partial charge in [0.1, 0.15) is 18.1 Å². The molecule has 4 aromatic carbocycles. The van der Waals surface area contributed by atoms with Gasteiger partial charge in [0.15, 0.2) is 11.5 Å². The smallest absolute Gasteiger partial charge is 0.355 e. The van der Waals surface area contributed by atoms with E-state index in [4.69, 9.17) is 30.5 Å². The molecule has 6 nitrogen and oxygen atoms in total. The average molecular weight is 554 g/mol. The Morgan fingerprint density at radius 1 is 0.950 bits per heavy atom. The van der Waals surface area contributed by atoms with Crippen molar-refractivity contribution in [3.63, 3.8) is 0 Å². The molecule has 1 aromatic heterocycles. The van der Waals surface area contributed by atoms with Gasteiger partial charge in [-0.2, -0.15) is 0 Å². The number of aromatic nitrogens is 1. The van der Waals surface area contributed by atoms with Gasteiger partial charge in [-0.1, -0.05) is 71.8 Å². The quantitative estimate of drug-likeness (QED) is 0.183. The summed E-state index contributed by atoms with van der Waals surface area (Å²) in [6.07, 6.45) is 0. The summed E-state index contributed by atoms with van der Waals surface area (Å²) in [6, 6.07) is 27.7. The zero-order valence-electron chi connectivity index (χ0n) is 22.3. The van der Waals surface area contributed by atoms with Crippen molar-refractivity contribution >= 4 is 28.5 Å². The van der Waals surface area contributed by atoms with E-state index in [2.05, 4.69) is 0 Å². The predicted octanol–water partition coefficient (Wildman–Crippen LogP) is 7.80. The zero-order valence-corrected chi connectivity index (χ0v) is 23.0. The van der Waals surface area contributed by atoms with Crippen molar-refractivity contribution in [2.45, 2.75) is 27.0 Å². The predicted molar refractivity (Wildman–Crippen MR) is 156 cm³/mol. The van der Waals surface area contributed by atoms with Crippen molar-refractivity contribution in [1.29, 1.82) is 0 Å². The lowest BCUT2D eigenvalue weighted by Crippen LogP contribution is -2.14. The molecule has 0 unspecified atom stereocenters. The van der Waals surface area contributed by atoms with E-state index < -0.39 is 5.97 Å². The van der Waals surface area contributed by atoms with Gasteiger partial charge in [0, 0.05) is 27.6 Å². The number of fused-ring (bicyclic) bond motifs is 2. The monoisotopic (exact) mass is 553 g/mol. The summed E-state index contributed by atoms with van der Waals surface area (Å²) in [5.74, 6) is 1.54. The highest BCUT2D eigenvalue weighted by Crippen LogP contribution is 2.41. The highest BCUT2D eigenvalue weighted by Gasteiger charge is 2.27. The number of benzene rings is 4. The topological polar surface area (TPSA) is 58.9 Å². The maximum Gasteiger partial charge on any atom is 0.355 e. The van der Waals surface area contributed by atoms with Crippen molar-refractivity contribution in [2.75, 3.05) is 13.4 Å². The summed E-state index contributed by atoms with van der Waals surface area (Å²) < 4.78 is 24.8. The van der Waals surface area contributed by atoms with E-state index in [9.17, 15) is 4.79 Å². The van der Waals surface area contributed by atoms with Crippen LogP contribution >= 0.6 is 11.6 Å². The second kappa shape index (κ2) is 11.0. The molecular formula is C33H28ClNO5. The molecule has 0 fully saturated rings. The van der Waals surface area contributed by atoms with E-state index in [0.29, 0.717) is 41.1 Å². The van der Waals surface area contributed by atoms with Gasteiger partial charge in [-0.15, -0.1) is 0 Å². The number of ether oxygens (including phenoxy) is 4. The van der Waals surface area contributed by atoms with Crippen LogP contribution in [0.15, 0.2) is 84.9 Å². The first-order valence-corrected chi connectivity index (χ1v) is 13.5. The highest BCUT2D eigenvalue weighted by molar-refractivity contribution is 6.31. The molecule has 0 spiro atoms. The molecule has 0 saturated carbocycles. The Morgan fingerprint density at radius 3 is 2.45 bits per heavy atom. The van der Waals surface area contributed by atoms with Gasteiger partial charge in [-0.05, 0) is 54.8 Å². The number of carbonyl (C=O) groups is 1. The number of hydrogen-bond donors (Lipinski definition) is 0. The molecule has 0 radical (unpaired) electrons. The second-order valence-corrected chi connectivity index (χ2v) is 10.1. The molecule has 6 rings (SSSR count). The van der Waals surface area contributed by atoms with E-state index in [1.165, 1.54) is 0 Å². The summed E-state index contributed by atoms with van der Waals surface area (Å²) in [6.45, 7) is 5.01. The van der Waals surface area contributed by atoms with Gasteiger partial charge >= 0.3 is 5.97 Å². The number of aryl methyl sites for hydroxylation is 1. The largest absolute Gasteiger partial charge is 0.489 e. The van der Waals surface area contributed by atoms with Gasteiger partial charge < -0.3 is 23.5 Å². The van der Waals surface area contributed by atoms with Crippen LogP contribution < -0.4 is 14.2 Å². The van der Waals surface area contributed by atoms with Crippen LogP contribution in [0.2, 0.25) is 5.02 Å². The third kappa shape index (κ3) is 4.98. The summed E-state index contributed by atoms with van der Waals surface area (Å²) in [7, 11) is 0. The fraction of sp³-hybridized carbons (Fsp3) is 0.182. The molecule has 5 aromatic rings. The molecule has 2 heterocycles. The number of esters is 1. The average Bonchev–Trinajstić information content (AvgIpc) is 3.55. The Bertz CT molecular complexity index is 1690. The minimum absolute atomic E-state index is 0.152. The van der Waals surface area contributed by atoms with E-state index in [0.717, 1.165) is 38.7 Å². The Kier molecular flexibility index (Phi) is 7.10. The van der Waals surface area contributed by atoms with Gasteiger partial charge in [0.2, 0.25) is 6.79 Å². The molecule has 40 heavy (non-hydrogen) atoms. The van der Waals surface area contributed by atoms with Gasteiger partial charge in [-0.25, -0.2) is 4.79 Å². The van der Waals surface area contributed by atoms with Gasteiger partial charge in [-0.3, -0.25) is 0 Å². The summed E-state index contributed by atoms with van der Waals surface area (Å²) in [5, 5.41) is 1.41. The van der Waals surface area contributed by atoms with Crippen LogP contribution in [0.5, 0.6) is 17.2 Å². The first-order valence-electron chi connectivity index (χ1n) is 13.2. The number of nitrogens with zero attached hydrogens (tertiary/aromatic N) is 1. The molecule has 0 N–H and O–H groups in total. The van der Waals surface area contributed by atoms with Crippen molar-refractivity contribution in [1.82, 2.24) is 4.57 Å². The van der Waals surface area contributed by atoms with Crippen molar-refractivity contribution in [3.05, 3.63) is 112 Å². The molecule has 0 atom stereocenters. The van der Waals surface area contributed by atoms with Crippen LogP contribution in [0, 0.1) is 6.92 Å². The van der Waals surface area contributed by atoms with E-state index in [1.54, 1.807) is 13.0 Å². The van der Waals surface area contributed by atoms with Crippen molar-refractivity contribution in [2.24, 2.45) is 0 Å². The Balaban J connectivity index is 1.52. The molecule has 202 valence electrons. The maximum absolute atomic E-state index is 13.6. The molecular weight excluding hydrogens is 526 g/mol. The second-order valence-electron chi connectivity index (χ2n) is 9.65. The molecule has 0 amide bonds. The highest BCUT2D eigenvalue weighted by atomic mass is 35.5. The van der Waals surface area contributed by atoms with Crippen LogP contribution in [0.4, 0.5) is 0 Å². The van der Waals surface area contributed by atoms with Crippen LogP contribution in [-0.4, -0.2) is 23.9 Å². The lowest BCUT2D eigenvalue weighted by atomic mass is 10.0. The lowest BCUT2D eigenvalue weighted by molar-refractivity contribution is 0.0516. The molecule has 1 aliphatic rings. The fourth-order valence-electron chi connectivity index (χ4n) is 5.00. The Morgan fingerprint density at radius 2 is 1.70 bits per heavy atom. The third-order valence-electron chi connectivity index (χ3n) is 6.96. The number of rotatable bonds is 8. The third-order valence-corrected chi connectivity index (χ3v) is 7.31. The lowest BCUT2D eigenvalue weighted by Gasteiger charge is -2.13. The molecule has 0 saturated heterocycles. The first kappa shape index (κ1) is 25.8. The Hall–Kier alpha value is -4.42. The van der Waals surface area contributed by atoms with E-state index >= 15 is 0 Å². The number of hydrogen-bond acceptors (Lipinski definition) is 5. The normalized spacial score (nSPS) is 12.1. The Labute approximate surface area is 237 Å². The molecule has 1 aliphatic heterocycles. The van der Waals surface area contributed by atoms with Crippen LogP contribution in [0.3, 0.4) is 0 Å². The zero-order chi connectivity index (χ0) is 27.6. The first-order chi connectivity index (χ1) is 19.5. The van der Waals surface area contributed by atoms with Crippen molar-refractivity contribution in [3.8, 4) is 28.4 Å². The van der Waals surface area contributed by atoms with Crippen LogP contribution in [-0.2, 0) is 17.9 Å². The number of halogens is 1. The van der Waals surface area contributed by atoms with Gasteiger partial charge in [0.05, 0.1) is 13.2 Å². The van der Waals surface area contributed by atoms with Gasteiger partial charge in [0.25, 0.3) is 0 Å². The minimum Gasteiger partial charge on any atom is -0.489 e. The van der Waals surface area contributed by atoms with Crippen molar-refractivity contribution < 1.29 is 23.7 Å². The summed E-state index contributed by atoms with van der Waals surface area (Å²) in [5.41, 5.74) is 6.01. The molecule has 0 aliphatic carbocycles. The number of carbonyl (C=O) groups excluding carboxylic acids is 1.